The van der Waals surface area contributed by atoms with Crippen LogP contribution in [0, 0.1) is 10.8 Å². The number of hydrogen-bond acceptors (Lipinski definition) is 3. The molecule has 0 spiro atoms. The maximum absolute atomic E-state index is 9.65. The molecule has 0 radical (unpaired) electrons. The van der Waals surface area contributed by atoms with Gasteiger partial charge in [-0.25, -0.2) is 0 Å². The third-order valence-corrected chi connectivity index (χ3v) is 3.56. The van der Waals surface area contributed by atoms with Gasteiger partial charge >= 0.3 is 0 Å². The normalized spacial score (nSPS) is 25.8. The van der Waals surface area contributed by atoms with Crippen molar-refractivity contribution in [2.24, 2.45) is 10.8 Å². The SMILES string of the molecule is COCC(O)CNC1CC(C)(C)CC(C)(C)C1. The third-order valence-electron chi connectivity index (χ3n) is 3.56. The Labute approximate surface area is 106 Å². The van der Waals surface area contributed by atoms with Crippen molar-refractivity contribution in [2.45, 2.75) is 59.1 Å². The van der Waals surface area contributed by atoms with Crippen LogP contribution in [0.1, 0.15) is 47.0 Å². The zero-order valence-corrected chi connectivity index (χ0v) is 12.0. The maximum atomic E-state index is 9.65. The van der Waals surface area contributed by atoms with Crippen molar-refractivity contribution >= 4 is 0 Å². The van der Waals surface area contributed by atoms with Gasteiger partial charge in [0, 0.05) is 19.7 Å². The summed E-state index contributed by atoms with van der Waals surface area (Å²) in [5.41, 5.74) is 0.789. The van der Waals surface area contributed by atoms with Gasteiger partial charge in [0.05, 0.1) is 12.7 Å². The number of hydrogen-bond donors (Lipinski definition) is 2. The quantitative estimate of drug-likeness (QED) is 0.778. The lowest BCUT2D eigenvalue weighted by atomic mass is 9.63. The highest BCUT2D eigenvalue weighted by molar-refractivity contribution is 4.92. The van der Waals surface area contributed by atoms with E-state index in [9.17, 15) is 5.11 Å². The second-order valence-electron chi connectivity index (χ2n) is 7.13. The molecule has 1 aliphatic rings. The molecule has 17 heavy (non-hydrogen) atoms. The fourth-order valence-corrected chi connectivity index (χ4v) is 3.54. The standard InChI is InChI=1S/C14H29NO2/c1-13(2)6-11(7-14(3,4)10-13)15-8-12(16)9-17-5/h11-12,15-16H,6-10H2,1-5H3. The average Bonchev–Trinajstić information content (AvgIpc) is 2.10. The topological polar surface area (TPSA) is 41.5 Å². The summed E-state index contributed by atoms with van der Waals surface area (Å²) in [6.07, 6.45) is 3.26. The van der Waals surface area contributed by atoms with Crippen LogP contribution in [0.15, 0.2) is 0 Å². The second kappa shape index (κ2) is 5.68. The smallest absolute Gasteiger partial charge is 0.0897 e. The molecule has 0 aromatic rings. The van der Waals surface area contributed by atoms with Crippen molar-refractivity contribution in [1.82, 2.24) is 5.32 Å². The predicted molar refractivity (Wildman–Crippen MR) is 71.1 cm³/mol. The summed E-state index contributed by atoms with van der Waals surface area (Å²) in [4.78, 5) is 0. The van der Waals surface area contributed by atoms with Crippen LogP contribution in [0.5, 0.6) is 0 Å². The Morgan fingerprint density at radius 2 is 1.76 bits per heavy atom. The highest BCUT2D eigenvalue weighted by Gasteiger charge is 2.38. The first-order valence-electron chi connectivity index (χ1n) is 6.64. The molecular formula is C14H29NO2. The Kier molecular flexibility index (Phi) is 4.99. The van der Waals surface area contributed by atoms with Crippen molar-refractivity contribution in [3.8, 4) is 0 Å². The number of ether oxygens (including phenoxy) is 1. The fourth-order valence-electron chi connectivity index (χ4n) is 3.54. The van der Waals surface area contributed by atoms with E-state index < -0.39 is 6.10 Å². The lowest BCUT2D eigenvalue weighted by Crippen LogP contribution is -2.46. The zero-order valence-electron chi connectivity index (χ0n) is 12.0. The van der Waals surface area contributed by atoms with E-state index in [0.29, 0.717) is 30.0 Å². The average molecular weight is 243 g/mol. The van der Waals surface area contributed by atoms with Crippen molar-refractivity contribution < 1.29 is 9.84 Å². The van der Waals surface area contributed by atoms with E-state index in [-0.39, 0.29) is 0 Å². The number of nitrogens with one attached hydrogen (secondary N) is 1. The Bertz CT molecular complexity index is 222. The molecule has 1 saturated carbocycles. The number of rotatable bonds is 5. The molecule has 0 bridgehead atoms. The lowest BCUT2D eigenvalue weighted by Gasteiger charge is -2.45. The molecule has 1 rings (SSSR count). The molecular weight excluding hydrogens is 214 g/mol. The van der Waals surface area contributed by atoms with Crippen LogP contribution in [0.2, 0.25) is 0 Å². The van der Waals surface area contributed by atoms with Crippen molar-refractivity contribution in [3.63, 3.8) is 0 Å². The molecule has 3 heteroatoms. The Morgan fingerprint density at radius 1 is 1.24 bits per heavy atom. The lowest BCUT2D eigenvalue weighted by molar-refractivity contribution is 0.0476. The summed E-state index contributed by atoms with van der Waals surface area (Å²) >= 11 is 0. The van der Waals surface area contributed by atoms with E-state index in [0.717, 1.165) is 0 Å². The molecule has 1 fully saturated rings. The molecule has 1 atom stereocenters. The zero-order chi connectivity index (χ0) is 13.1. The van der Waals surface area contributed by atoms with Crippen LogP contribution in [0.4, 0.5) is 0 Å². The van der Waals surface area contributed by atoms with E-state index in [1.807, 2.05) is 0 Å². The van der Waals surface area contributed by atoms with E-state index in [1.165, 1.54) is 19.3 Å². The van der Waals surface area contributed by atoms with Gasteiger partial charge in [0.1, 0.15) is 0 Å². The Balaban J connectivity index is 2.43. The monoisotopic (exact) mass is 243 g/mol. The second-order valence-corrected chi connectivity index (χ2v) is 7.13. The van der Waals surface area contributed by atoms with Gasteiger partial charge in [-0.3, -0.25) is 0 Å². The molecule has 1 aliphatic carbocycles. The third kappa shape index (κ3) is 5.36. The minimum Gasteiger partial charge on any atom is -0.389 e. The first-order chi connectivity index (χ1) is 7.74. The van der Waals surface area contributed by atoms with E-state index in [2.05, 4.69) is 33.0 Å². The van der Waals surface area contributed by atoms with Gasteiger partial charge < -0.3 is 15.2 Å². The van der Waals surface area contributed by atoms with Crippen molar-refractivity contribution in [3.05, 3.63) is 0 Å². The molecule has 0 aromatic carbocycles. The highest BCUT2D eigenvalue weighted by atomic mass is 16.5. The molecule has 0 saturated heterocycles. The van der Waals surface area contributed by atoms with Crippen LogP contribution in [-0.4, -0.2) is 37.5 Å². The summed E-state index contributed by atoms with van der Waals surface area (Å²) in [5, 5.41) is 13.1. The number of aliphatic hydroxyl groups excluding tert-OH is 1. The van der Waals surface area contributed by atoms with Crippen LogP contribution in [-0.2, 0) is 4.74 Å². The van der Waals surface area contributed by atoms with Gasteiger partial charge in [0.25, 0.3) is 0 Å². The van der Waals surface area contributed by atoms with Gasteiger partial charge in [-0.2, -0.15) is 0 Å². The molecule has 0 heterocycles. The highest BCUT2D eigenvalue weighted by Crippen LogP contribution is 2.45. The van der Waals surface area contributed by atoms with Crippen molar-refractivity contribution in [1.29, 1.82) is 0 Å². The largest absolute Gasteiger partial charge is 0.389 e. The van der Waals surface area contributed by atoms with Crippen molar-refractivity contribution in [2.75, 3.05) is 20.3 Å². The molecule has 3 nitrogen and oxygen atoms in total. The Hall–Kier alpha value is -0.120. The minimum atomic E-state index is -0.395. The number of aliphatic hydroxyl groups is 1. The van der Waals surface area contributed by atoms with Crippen LogP contribution >= 0.6 is 0 Å². The van der Waals surface area contributed by atoms with E-state index in [1.54, 1.807) is 7.11 Å². The molecule has 0 aliphatic heterocycles. The minimum absolute atomic E-state index is 0.394. The molecule has 1 unspecified atom stereocenters. The molecule has 2 N–H and O–H groups in total. The molecule has 0 aromatic heterocycles. The summed E-state index contributed by atoms with van der Waals surface area (Å²) < 4.78 is 4.94. The first-order valence-corrected chi connectivity index (χ1v) is 6.64. The first kappa shape index (κ1) is 14.9. The maximum Gasteiger partial charge on any atom is 0.0897 e. The van der Waals surface area contributed by atoms with Crippen LogP contribution in [0.25, 0.3) is 0 Å². The summed E-state index contributed by atoms with van der Waals surface area (Å²) in [6.45, 7) is 10.4. The predicted octanol–water partition coefficient (Wildman–Crippen LogP) is 2.19. The fraction of sp³-hybridized carbons (Fsp3) is 1.00. The summed E-state index contributed by atoms with van der Waals surface area (Å²) in [5.74, 6) is 0. The van der Waals surface area contributed by atoms with Gasteiger partial charge in [-0.1, -0.05) is 27.7 Å². The van der Waals surface area contributed by atoms with Crippen LogP contribution in [0.3, 0.4) is 0 Å². The van der Waals surface area contributed by atoms with E-state index in [4.69, 9.17) is 4.74 Å². The van der Waals surface area contributed by atoms with Gasteiger partial charge in [-0.05, 0) is 30.1 Å². The van der Waals surface area contributed by atoms with Gasteiger partial charge in [-0.15, -0.1) is 0 Å². The van der Waals surface area contributed by atoms with Gasteiger partial charge in [0.2, 0.25) is 0 Å². The molecule has 0 amide bonds. The Morgan fingerprint density at radius 3 is 2.24 bits per heavy atom. The number of methoxy groups -OCH3 is 1. The van der Waals surface area contributed by atoms with Crippen LogP contribution < -0.4 is 5.32 Å². The van der Waals surface area contributed by atoms with E-state index >= 15 is 0 Å². The van der Waals surface area contributed by atoms with Gasteiger partial charge in [0.15, 0.2) is 0 Å². The summed E-state index contributed by atoms with van der Waals surface area (Å²) in [6, 6.07) is 0.514. The summed E-state index contributed by atoms with van der Waals surface area (Å²) in [7, 11) is 1.62. The molecule has 102 valence electrons.